The van der Waals surface area contributed by atoms with Crippen LogP contribution in [0, 0.1) is 0 Å². The molecule has 1 aromatic rings. The zero-order chi connectivity index (χ0) is 10.9. The quantitative estimate of drug-likeness (QED) is 0.694. The van der Waals surface area contributed by atoms with Crippen LogP contribution in [0.2, 0.25) is 0 Å². The van der Waals surface area contributed by atoms with Crippen molar-refractivity contribution >= 4 is 0 Å². The summed E-state index contributed by atoms with van der Waals surface area (Å²) in [5.74, 6) is 0.752. The van der Waals surface area contributed by atoms with Gasteiger partial charge in [0.1, 0.15) is 12.4 Å². The first-order valence-corrected chi connectivity index (χ1v) is 4.94. The molecule has 0 amide bonds. The molecule has 82 valence electrons. The van der Waals surface area contributed by atoms with Crippen molar-refractivity contribution in [3.05, 3.63) is 42.5 Å². The Labute approximate surface area is 89.6 Å². The van der Waals surface area contributed by atoms with E-state index in [1.165, 1.54) is 0 Å². The fourth-order valence-electron chi connectivity index (χ4n) is 1.11. The van der Waals surface area contributed by atoms with Crippen LogP contribution in [-0.2, 0) is 0 Å². The molecule has 0 saturated heterocycles. The van der Waals surface area contributed by atoms with E-state index >= 15 is 0 Å². The number of ether oxygens (including phenoxy) is 1. The Kier molecular flexibility index (Phi) is 5.51. The largest absolute Gasteiger partial charge is 0.491 e. The lowest BCUT2D eigenvalue weighted by molar-refractivity contribution is 0.110. The Balaban J connectivity index is 2.22. The van der Waals surface area contributed by atoms with E-state index in [9.17, 15) is 5.11 Å². The molecule has 0 aliphatic heterocycles. The van der Waals surface area contributed by atoms with Crippen LogP contribution in [-0.4, -0.2) is 29.5 Å². The molecule has 0 aliphatic carbocycles. The molecule has 1 unspecified atom stereocenters. The number of hydrogen-bond acceptors (Lipinski definition) is 3. The van der Waals surface area contributed by atoms with Crippen LogP contribution in [0.3, 0.4) is 0 Å². The smallest absolute Gasteiger partial charge is 0.119 e. The van der Waals surface area contributed by atoms with Crippen LogP contribution >= 0.6 is 0 Å². The first-order chi connectivity index (χ1) is 7.33. The van der Waals surface area contributed by atoms with Crippen molar-refractivity contribution in [1.29, 1.82) is 0 Å². The Bertz CT molecular complexity index is 282. The minimum absolute atomic E-state index is 0.00621. The molecule has 0 aromatic heterocycles. The second-order valence-corrected chi connectivity index (χ2v) is 3.17. The predicted octanol–water partition coefficient (Wildman–Crippen LogP) is 1.36. The van der Waals surface area contributed by atoms with Crippen LogP contribution in [0.1, 0.15) is 6.42 Å². The molecule has 0 aliphatic rings. The number of aliphatic hydroxyl groups excluding tert-OH is 2. The molecule has 0 spiro atoms. The molecule has 0 radical (unpaired) electrons. The first kappa shape index (κ1) is 11.8. The minimum atomic E-state index is -0.534. The van der Waals surface area contributed by atoms with Gasteiger partial charge in [-0.2, -0.15) is 0 Å². The van der Waals surface area contributed by atoms with Gasteiger partial charge in [0.15, 0.2) is 0 Å². The van der Waals surface area contributed by atoms with Gasteiger partial charge >= 0.3 is 0 Å². The summed E-state index contributed by atoms with van der Waals surface area (Å²) in [4.78, 5) is 0. The van der Waals surface area contributed by atoms with Crippen molar-refractivity contribution < 1.29 is 14.9 Å². The van der Waals surface area contributed by atoms with E-state index in [0.29, 0.717) is 6.42 Å². The Morgan fingerprint density at radius 3 is 2.60 bits per heavy atom. The van der Waals surface area contributed by atoms with Crippen molar-refractivity contribution in [2.24, 2.45) is 0 Å². The van der Waals surface area contributed by atoms with Gasteiger partial charge in [0.25, 0.3) is 0 Å². The van der Waals surface area contributed by atoms with Gasteiger partial charge in [0, 0.05) is 0 Å². The molecule has 1 rings (SSSR count). The number of hydrogen-bond donors (Lipinski definition) is 2. The molecule has 0 bridgehead atoms. The number of benzene rings is 1. The van der Waals surface area contributed by atoms with Gasteiger partial charge in [-0.15, -0.1) is 0 Å². The van der Waals surface area contributed by atoms with Crippen LogP contribution in [0.4, 0.5) is 0 Å². The van der Waals surface area contributed by atoms with Crippen molar-refractivity contribution in [1.82, 2.24) is 0 Å². The second-order valence-electron chi connectivity index (χ2n) is 3.17. The molecule has 3 nitrogen and oxygen atoms in total. The topological polar surface area (TPSA) is 49.7 Å². The zero-order valence-corrected chi connectivity index (χ0v) is 8.54. The third-order valence-corrected chi connectivity index (χ3v) is 1.87. The lowest BCUT2D eigenvalue weighted by Gasteiger charge is -2.10. The maximum absolute atomic E-state index is 9.48. The number of aliphatic hydroxyl groups is 2. The van der Waals surface area contributed by atoms with E-state index in [2.05, 4.69) is 0 Å². The lowest BCUT2D eigenvalue weighted by Crippen LogP contribution is -2.16. The van der Waals surface area contributed by atoms with Gasteiger partial charge in [-0.05, 0) is 18.6 Å². The minimum Gasteiger partial charge on any atom is -0.491 e. The molecular formula is C12H16O3. The van der Waals surface area contributed by atoms with Crippen molar-refractivity contribution in [2.75, 3.05) is 13.2 Å². The van der Waals surface area contributed by atoms with Gasteiger partial charge in [-0.25, -0.2) is 0 Å². The monoisotopic (exact) mass is 208 g/mol. The molecule has 1 aromatic carbocycles. The molecule has 2 N–H and O–H groups in total. The molecular weight excluding hydrogens is 192 g/mol. The van der Waals surface area contributed by atoms with Crippen molar-refractivity contribution in [3.8, 4) is 5.75 Å². The van der Waals surface area contributed by atoms with E-state index in [1.807, 2.05) is 30.3 Å². The molecule has 0 fully saturated rings. The third kappa shape index (κ3) is 5.20. The Hall–Kier alpha value is -1.32. The fraction of sp³-hybridized carbons (Fsp3) is 0.333. The molecule has 0 heterocycles. The maximum atomic E-state index is 9.48. The fourth-order valence-corrected chi connectivity index (χ4v) is 1.11. The zero-order valence-electron chi connectivity index (χ0n) is 8.54. The summed E-state index contributed by atoms with van der Waals surface area (Å²) in [5, 5.41) is 18.0. The summed E-state index contributed by atoms with van der Waals surface area (Å²) in [5.41, 5.74) is 0. The number of rotatable bonds is 6. The normalized spacial score (nSPS) is 12.9. The van der Waals surface area contributed by atoms with Crippen molar-refractivity contribution in [3.63, 3.8) is 0 Å². The van der Waals surface area contributed by atoms with Gasteiger partial charge in [0.05, 0.1) is 12.7 Å². The third-order valence-electron chi connectivity index (χ3n) is 1.87. The van der Waals surface area contributed by atoms with Gasteiger partial charge in [0.2, 0.25) is 0 Å². The summed E-state index contributed by atoms with van der Waals surface area (Å²) in [6.07, 6.45) is 3.30. The van der Waals surface area contributed by atoms with Crippen molar-refractivity contribution in [2.45, 2.75) is 12.5 Å². The summed E-state index contributed by atoms with van der Waals surface area (Å²) in [6, 6.07) is 9.36. The maximum Gasteiger partial charge on any atom is 0.119 e. The van der Waals surface area contributed by atoms with E-state index in [-0.39, 0.29) is 13.2 Å². The summed E-state index contributed by atoms with van der Waals surface area (Å²) in [6.45, 7) is 0.270. The summed E-state index contributed by atoms with van der Waals surface area (Å²) in [7, 11) is 0. The van der Waals surface area contributed by atoms with Crippen LogP contribution in [0.5, 0.6) is 5.75 Å². The second kappa shape index (κ2) is 7.04. The highest BCUT2D eigenvalue weighted by Gasteiger charge is 2.02. The molecule has 0 saturated carbocycles. The van der Waals surface area contributed by atoms with Crippen LogP contribution in [0.25, 0.3) is 0 Å². The Morgan fingerprint density at radius 1 is 1.20 bits per heavy atom. The van der Waals surface area contributed by atoms with E-state index < -0.39 is 6.10 Å². The van der Waals surface area contributed by atoms with Crippen LogP contribution < -0.4 is 4.74 Å². The average molecular weight is 208 g/mol. The molecule has 1 atom stereocenters. The molecule has 15 heavy (non-hydrogen) atoms. The van der Waals surface area contributed by atoms with Gasteiger partial charge in [-0.1, -0.05) is 30.4 Å². The highest BCUT2D eigenvalue weighted by atomic mass is 16.5. The van der Waals surface area contributed by atoms with E-state index in [4.69, 9.17) is 9.84 Å². The average Bonchev–Trinajstić information content (AvgIpc) is 2.28. The van der Waals surface area contributed by atoms with E-state index in [0.717, 1.165) is 5.75 Å². The van der Waals surface area contributed by atoms with Gasteiger partial charge < -0.3 is 14.9 Å². The van der Waals surface area contributed by atoms with E-state index in [1.54, 1.807) is 12.2 Å². The Morgan fingerprint density at radius 2 is 1.93 bits per heavy atom. The lowest BCUT2D eigenvalue weighted by atomic mass is 10.2. The SMILES string of the molecule is OC/C=C\CC(O)COc1ccccc1. The number of para-hydroxylation sites is 1. The van der Waals surface area contributed by atoms with Gasteiger partial charge in [-0.3, -0.25) is 0 Å². The molecule has 3 heteroatoms. The summed E-state index contributed by atoms with van der Waals surface area (Å²) >= 11 is 0. The first-order valence-electron chi connectivity index (χ1n) is 4.94. The predicted molar refractivity (Wildman–Crippen MR) is 58.8 cm³/mol. The standard InChI is InChI=1S/C12H16O3/c13-9-5-4-6-11(14)10-15-12-7-2-1-3-8-12/h1-5,7-8,11,13-14H,6,9-10H2/b5-4-. The van der Waals surface area contributed by atoms with Crippen LogP contribution in [0.15, 0.2) is 42.5 Å². The highest BCUT2D eigenvalue weighted by molar-refractivity contribution is 5.20. The summed E-state index contributed by atoms with van der Waals surface area (Å²) < 4.78 is 5.35. The highest BCUT2D eigenvalue weighted by Crippen LogP contribution is 2.09.